The van der Waals surface area contributed by atoms with Gasteiger partial charge in [0.15, 0.2) is 0 Å². The van der Waals surface area contributed by atoms with Gasteiger partial charge in [0.25, 0.3) is 5.24 Å². The van der Waals surface area contributed by atoms with E-state index in [0.717, 1.165) is 12.0 Å². The molecule has 3 nitrogen and oxygen atoms in total. The average Bonchev–Trinajstić information content (AvgIpc) is 2.58. The molecule has 1 fully saturated rings. The molecule has 1 aromatic rings. The lowest BCUT2D eigenvalue weighted by atomic mass is 10.1. The minimum atomic E-state index is -0.303. The number of carbonyl (C=O) groups excluding carboxylic acids is 2. The van der Waals surface area contributed by atoms with E-state index in [2.05, 4.69) is 12.2 Å². The van der Waals surface area contributed by atoms with Crippen LogP contribution in [-0.4, -0.2) is 10.4 Å². The van der Waals surface area contributed by atoms with E-state index in [1.807, 2.05) is 24.3 Å². The number of thioether (sulfide) groups is 1. The molecule has 1 aliphatic heterocycles. The molecule has 0 radical (unpaired) electrons. The van der Waals surface area contributed by atoms with Gasteiger partial charge in [0.1, 0.15) is 0 Å². The normalized spacial score (nSPS) is 17.9. The van der Waals surface area contributed by atoms with E-state index in [-0.39, 0.29) is 10.4 Å². The van der Waals surface area contributed by atoms with Crippen molar-refractivity contribution in [3.8, 4) is 0 Å². The van der Waals surface area contributed by atoms with E-state index < -0.39 is 0 Å². The van der Waals surface area contributed by atoms with Crippen molar-refractivity contribution in [2.45, 2.75) is 13.3 Å². The molecule has 82 valence electrons. The van der Waals surface area contributed by atoms with E-state index in [1.54, 1.807) is 6.08 Å². The zero-order valence-electron chi connectivity index (χ0n) is 8.82. The Labute approximate surface area is 97.9 Å². The van der Waals surface area contributed by atoms with E-state index in [0.29, 0.717) is 17.5 Å². The quantitative estimate of drug-likeness (QED) is 0.798. The van der Waals surface area contributed by atoms with Crippen LogP contribution in [0.2, 0.25) is 0 Å². The maximum Gasteiger partial charge on any atom is 0.291 e. The third-order valence-electron chi connectivity index (χ3n) is 2.31. The summed E-state index contributed by atoms with van der Waals surface area (Å²) < 4.78 is 0. The molecule has 1 amide bonds. The molecule has 0 saturated carbocycles. The first kappa shape index (κ1) is 11.0. The third-order valence-corrected chi connectivity index (χ3v) is 3.01. The average molecular weight is 233 g/mol. The van der Waals surface area contributed by atoms with Crippen LogP contribution in [0.4, 0.5) is 4.79 Å². The van der Waals surface area contributed by atoms with Crippen molar-refractivity contribution in [3.63, 3.8) is 0 Å². The smallest absolute Gasteiger partial charge is 0.291 e. The van der Waals surface area contributed by atoms with Gasteiger partial charge in [0, 0.05) is 11.8 Å². The Balaban J connectivity index is 2.28. The molecule has 1 heterocycles. The highest BCUT2D eigenvalue weighted by molar-refractivity contribution is 8.27. The van der Waals surface area contributed by atoms with Crippen LogP contribution < -0.4 is 5.32 Å². The first-order valence-electron chi connectivity index (χ1n) is 5.03. The van der Waals surface area contributed by atoms with Crippen molar-refractivity contribution in [2.75, 3.05) is 0 Å². The van der Waals surface area contributed by atoms with Crippen LogP contribution in [0, 0.1) is 0 Å². The van der Waals surface area contributed by atoms with Crippen molar-refractivity contribution in [3.05, 3.63) is 41.1 Å². The molecule has 0 aromatic heterocycles. The summed E-state index contributed by atoms with van der Waals surface area (Å²) in [5.41, 5.74) is 2.51. The van der Waals surface area contributed by atoms with Gasteiger partial charge in [-0.1, -0.05) is 31.2 Å². The molecular weight excluding hydrogens is 222 g/mol. The number of carbonyl (C=O) groups is 2. The zero-order chi connectivity index (χ0) is 11.5. The Morgan fingerprint density at radius 1 is 1.38 bits per heavy atom. The second-order valence-electron chi connectivity index (χ2n) is 3.46. The minimum Gasteiger partial charge on any atom is -0.313 e. The Morgan fingerprint density at radius 2 is 2.19 bits per heavy atom. The van der Waals surface area contributed by atoms with Crippen molar-refractivity contribution in [1.82, 2.24) is 5.32 Å². The fourth-order valence-corrected chi connectivity index (χ4v) is 2.04. The van der Waals surface area contributed by atoms with Crippen LogP contribution in [0.1, 0.15) is 18.1 Å². The molecule has 0 unspecified atom stereocenters. The molecule has 1 aliphatic rings. The molecule has 1 saturated heterocycles. The summed E-state index contributed by atoms with van der Waals surface area (Å²) in [5.74, 6) is 0. The summed E-state index contributed by atoms with van der Waals surface area (Å²) in [7, 11) is 0. The van der Waals surface area contributed by atoms with Crippen LogP contribution in [0.5, 0.6) is 0 Å². The second kappa shape index (κ2) is 4.53. The SMILES string of the molecule is CCc1cccc(C=C2NC(=O)SC2=O)c1. The van der Waals surface area contributed by atoms with Gasteiger partial charge in [-0.25, -0.2) is 0 Å². The fraction of sp³-hybridized carbons (Fsp3) is 0.167. The number of aryl methyl sites for hydroxylation is 1. The largest absolute Gasteiger partial charge is 0.313 e. The van der Waals surface area contributed by atoms with Crippen molar-refractivity contribution in [1.29, 1.82) is 0 Å². The van der Waals surface area contributed by atoms with Crippen molar-refractivity contribution in [2.24, 2.45) is 0 Å². The minimum absolute atomic E-state index is 0.216. The number of hydrogen-bond acceptors (Lipinski definition) is 3. The predicted molar refractivity (Wildman–Crippen MR) is 64.9 cm³/mol. The topological polar surface area (TPSA) is 46.2 Å². The van der Waals surface area contributed by atoms with Crippen LogP contribution >= 0.6 is 11.8 Å². The molecule has 0 aliphatic carbocycles. The second-order valence-corrected chi connectivity index (χ2v) is 4.40. The Morgan fingerprint density at radius 3 is 2.81 bits per heavy atom. The van der Waals surface area contributed by atoms with Gasteiger partial charge in [0.2, 0.25) is 5.12 Å². The number of rotatable bonds is 2. The lowest BCUT2D eigenvalue weighted by molar-refractivity contribution is -0.107. The van der Waals surface area contributed by atoms with Gasteiger partial charge >= 0.3 is 0 Å². The van der Waals surface area contributed by atoms with Crippen LogP contribution in [0.3, 0.4) is 0 Å². The highest BCUT2D eigenvalue weighted by Crippen LogP contribution is 2.20. The zero-order valence-corrected chi connectivity index (χ0v) is 9.64. The molecular formula is C12H11NO2S. The van der Waals surface area contributed by atoms with Gasteiger partial charge in [-0.05, 0) is 23.6 Å². The molecule has 1 aromatic carbocycles. The van der Waals surface area contributed by atoms with Crippen molar-refractivity contribution < 1.29 is 9.59 Å². The summed E-state index contributed by atoms with van der Waals surface area (Å²) in [6.45, 7) is 2.07. The van der Waals surface area contributed by atoms with Gasteiger partial charge in [-0.3, -0.25) is 9.59 Å². The van der Waals surface area contributed by atoms with Gasteiger partial charge in [-0.2, -0.15) is 0 Å². The maximum atomic E-state index is 11.4. The molecule has 0 bridgehead atoms. The standard InChI is InChI=1S/C12H11NO2S/c1-2-8-4-3-5-9(6-8)7-10-11(14)16-12(15)13-10/h3-7H,2H2,1H3,(H,13,15). The van der Waals surface area contributed by atoms with Gasteiger partial charge in [-0.15, -0.1) is 0 Å². The highest BCUT2D eigenvalue weighted by atomic mass is 32.2. The van der Waals surface area contributed by atoms with Crippen molar-refractivity contribution >= 4 is 28.2 Å². The number of benzene rings is 1. The molecule has 0 spiro atoms. The Kier molecular flexibility index (Phi) is 3.10. The van der Waals surface area contributed by atoms with E-state index in [9.17, 15) is 9.59 Å². The lowest BCUT2D eigenvalue weighted by Gasteiger charge is -1.99. The molecule has 2 rings (SSSR count). The molecule has 4 heteroatoms. The monoisotopic (exact) mass is 233 g/mol. The summed E-state index contributed by atoms with van der Waals surface area (Å²) >= 11 is 0.701. The predicted octanol–water partition coefficient (Wildman–Crippen LogP) is 2.57. The first-order valence-corrected chi connectivity index (χ1v) is 5.84. The van der Waals surface area contributed by atoms with Crippen LogP contribution in [0.25, 0.3) is 6.08 Å². The third kappa shape index (κ3) is 2.33. The van der Waals surface area contributed by atoms with E-state index in [1.165, 1.54) is 5.56 Å². The number of hydrogen-bond donors (Lipinski definition) is 1. The Hall–Kier alpha value is -1.55. The fourth-order valence-electron chi connectivity index (χ4n) is 1.49. The maximum absolute atomic E-state index is 11.4. The van der Waals surface area contributed by atoms with E-state index >= 15 is 0 Å². The van der Waals surface area contributed by atoms with Crippen LogP contribution in [0.15, 0.2) is 30.0 Å². The summed E-state index contributed by atoms with van der Waals surface area (Å²) in [6.07, 6.45) is 2.66. The number of nitrogens with one attached hydrogen (secondary N) is 1. The summed E-state index contributed by atoms with van der Waals surface area (Å²) in [5, 5.41) is 2.01. The molecule has 0 atom stereocenters. The van der Waals surface area contributed by atoms with Gasteiger partial charge in [0.05, 0.1) is 5.70 Å². The Bertz CT molecular complexity index is 480. The highest BCUT2D eigenvalue weighted by Gasteiger charge is 2.24. The summed E-state index contributed by atoms with van der Waals surface area (Å²) in [6, 6.07) is 7.90. The molecule has 1 N–H and O–H groups in total. The van der Waals surface area contributed by atoms with Crippen LogP contribution in [-0.2, 0) is 11.2 Å². The van der Waals surface area contributed by atoms with E-state index in [4.69, 9.17) is 0 Å². The van der Waals surface area contributed by atoms with Gasteiger partial charge < -0.3 is 5.32 Å². The molecule has 16 heavy (non-hydrogen) atoms. The summed E-state index contributed by atoms with van der Waals surface area (Å²) in [4.78, 5) is 22.3. The lowest BCUT2D eigenvalue weighted by Crippen LogP contribution is -2.10. The first-order chi connectivity index (χ1) is 7.69. The number of amides is 1.